The predicted octanol–water partition coefficient (Wildman–Crippen LogP) is -2.96. The first-order valence-corrected chi connectivity index (χ1v) is 15.2. The molecular formula is C19H28N8O14P2. The van der Waals surface area contributed by atoms with Crippen molar-refractivity contribution in [3.8, 4) is 0 Å². The van der Waals surface area contributed by atoms with Gasteiger partial charge < -0.3 is 50.7 Å². The van der Waals surface area contributed by atoms with Gasteiger partial charge in [-0.15, -0.1) is 0 Å². The van der Waals surface area contributed by atoms with Crippen LogP contribution in [0.1, 0.15) is 25.3 Å². The molecule has 2 aliphatic rings. The number of aliphatic hydroxyl groups excluding tert-OH is 2. The van der Waals surface area contributed by atoms with Gasteiger partial charge in [0.15, 0.2) is 11.2 Å². The van der Waals surface area contributed by atoms with E-state index in [4.69, 9.17) is 40.5 Å². The largest absolute Gasteiger partial charge is 0.469 e. The third-order valence-corrected chi connectivity index (χ3v) is 7.12. The molecular weight excluding hydrogens is 626 g/mol. The molecule has 6 unspecified atom stereocenters. The first-order valence-electron chi connectivity index (χ1n) is 12.1. The van der Waals surface area contributed by atoms with E-state index in [1.54, 1.807) is 0 Å². The van der Waals surface area contributed by atoms with Gasteiger partial charge in [-0.1, -0.05) is 0 Å². The molecule has 0 bridgehead atoms. The van der Waals surface area contributed by atoms with Crippen LogP contribution >= 0.6 is 15.6 Å². The van der Waals surface area contributed by atoms with E-state index in [0.29, 0.717) is 0 Å². The van der Waals surface area contributed by atoms with Crippen molar-refractivity contribution in [3.63, 3.8) is 0 Å². The molecule has 0 amide bonds. The quantitative estimate of drug-likeness (QED) is 0.110. The molecule has 238 valence electrons. The highest BCUT2D eigenvalue weighted by Crippen LogP contribution is 2.39. The van der Waals surface area contributed by atoms with Crippen molar-refractivity contribution in [1.29, 1.82) is 0 Å². The average molecular weight is 654 g/mol. The second-order valence-corrected chi connectivity index (χ2v) is 11.7. The second kappa shape index (κ2) is 12.9. The van der Waals surface area contributed by atoms with Crippen molar-refractivity contribution in [3.05, 3.63) is 39.4 Å². The van der Waals surface area contributed by atoms with Gasteiger partial charge in [-0.2, -0.15) is 9.97 Å². The van der Waals surface area contributed by atoms with E-state index in [1.807, 2.05) is 0 Å². The molecule has 22 nitrogen and oxygen atoms in total. The SMILES string of the molecule is Nc1ccn(C2CC(O)C(COP(=O)(O)O)O2)c(=O)n1.Nc1nc2c(ncn2C2CC(O)C(COP(=O)(O)O)O2)c(=O)[nH]1. The van der Waals surface area contributed by atoms with Crippen LogP contribution in [0.25, 0.3) is 11.2 Å². The van der Waals surface area contributed by atoms with E-state index in [9.17, 15) is 28.9 Å². The summed E-state index contributed by atoms with van der Waals surface area (Å²) in [6.45, 7) is -0.968. The topological polar surface area (TPSA) is 343 Å². The van der Waals surface area contributed by atoms with E-state index in [-0.39, 0.29) is 35.8 Å². The monoisotopic (exact) mass is 654 g/mol. The summed E-state index contributed by atoms with van der Waals surface area (Å²) >= 11 is 0. The summed E-state index contributed by atoms with van der Waals surface area (Å²) in [6, 6.07) is 1.40. The van der Waals surface area contributed by atoms with Gasteiger partial charge in [-0.05, 0) is 6.07 Å². The number of nitrogen functional groups attached to an aromatic ring is 2. The summed E-state index contributed by atoms with van der Waals surface area (Å²) in [5, 5.41) is 19.7. The van der Waals surface area contributed by atoms with Gasteiger partial charge in [0.2, 0.25) is 5.95 Å². The fourth-order valence-electron chi connectivity index (χ4n) is 4.21. The maximum atomic E-state index is 11.7. The standard InChI is InChI=1S/C10H14N5O7P.C9H14N3O7P/c11-10-13-8-7(9(17)14-10)12-3-15(8)6-1-4(16)5(22-6)2-21-23(18,19)20;10-7-1-2-12(9(14)11-7)8-3-5(13)6(19-8)4-18-20(15,16)17/h3-6,16H,1-2H2,(H2,18,19,20)(H3,11,13,14,17);1-2,5-6,8,13H,3-4H2,(H2,10,11,14)(H2,15,16,17). The van der Waals surface area contributed by atoms with E-state index < -0.39 is 77.0 Å². The second-order valence-electron chi connectivity index (χ2n) is 9.25. The number of H-pyrrole nitrogens is 1. The molecule has 0 aliphatic carbocycles. The van der Waals surface area contributed by atoms with Crippen LogP contribution in [0.5, 0.6) is 0 Å². The zero-order chi connectivity index (χ0) is 31.7. The molecule has 0 spiro atoms. The van der Waals surface area contributed by atoms with E-state index in [0.717, 1.165) is 4.57 Å². The number of ether oxygens (including phenoxy) is 2. The van der Waals surface area contributed by atoms with E-state index >= 15 is 0 Å². The third kappa shape index (κ3) is 8.50. The molecule has 2 saturated heterocycles. The summed E-state index contributed by atoms with van der Waals surface area (Å²) in [7, 11) is -9.30. The van der Waals surface area contributed by atoms with Gasteiger partial charge in [0.05, 0.1) is 31.7 Å². The Labute approximate surface area is 239 Å². The zero-order valence-corrected chi connectivity index (χ0v) is 23.5. The number of nitrogens with two attached hydrogens (primary N) is 2. The van der Waals surface area contributed by atoms with Gasteiger partial charge in [-0.3, -0.25) is 28.0 Å². The molecule has 3 aromatic heterocycles. The van der Waals surface area contributed by atoms with Crippen LogP contribution in [0.15, 0.2) is 28.2 Å². The smallest absolute Gasteiger partial charge is 0.390 e. The first kappa shape index (κ1) is 32.8. The molecule has 43 heavy (non-hydrogen) atoms. The molecule has 2 fully saturated rings. The van der Waals surface area contributed by atoms with Crippen LogP contribution < -0.4 is 22.7 Å². The number of aromatic nitrogens is 6. The molecule has 0 radical (unpaired) electrons. The number of nitrogens with one attached hydrogen (secondary N) is 1. The van der Waals surface area contributed by atoms with Crippen molar-refractivity contribution < 1.29 is 57.4 Å². The van der Waals surface area contributed by atoms with Crippen LogP contribution in [0.2, 0.25) is 0 Å². The molecule has 0 aromatic carbocycles. The number of phosphoric ester groups is 2. The maximum absolute atomic E-state index is 11.7. The molecule has 2 aliphatic heterocycles. The summed E-state index contributed by atoms with van der Waals surface area (Å²) in [5.41, 5.74) is 9.95. The van der Waals surface area contributed by atoms with Gasteiger partial charge in [0.25, 0.3) is 5.56 Å². The number of fused-ring (bicyclic) bond motifs is 1. The van der Waals surface area contributed by atoms with Crippen LogP contribution in [-0.4, -0.2) is 96.5 Å². The fraction of sp³-hybridized carbons (Fsp3) is 0.526. The summed E-state index contributed by atoms with van der Waals surface area (Å²) in [6.07, 6.45) is -2.58. The van der Waals surface area contributed by atoms with Gasteiger partial charge in [-0.25, -0.2) is 18.9 Å². The van der Waals surface area contributed by atoms with Gasteiger partial charge >= 0.3 is 21.3 Å². The average Bonchev–Trinajstić information content (AvgIpc) is 3.57. The predicted molar refractivity (Wildman–Crippen MR) is 141 cm³/mol. The lowest BCUT2D eigenvalue weighted by Gasteiger charge is -2.16. The number of nitrogens with zero attached hydrogens (tertiary/aromatic N) is 5. The number of aromatic amines is 1. The maximum Gasteiger partial charge on any atom is 0.469 e. The fourth-order valence-corrected chi connectivity index (χ4v) is 4.89. The number of hydrogen-bond acceptors (Lipinski definition) is 15. The van der Waals surface area contributed by atoms with Crippen LogP contribution in [0.3, 0.4) is 0 Å². The summed E-state index contributed by atoms with van der Waals surface area (Å²) in [5.74, 6) is -0.0321. The van der Waals surface area contributed by atoms with Crippen molar-refractivity contribution in [2.45, 2.75) is 49.7 Å². The van der Waals surface area contributed by atoms with E-state index in [1.165, 1.54) is 23.2 Å². The molecule has 11 N–H and O–H groups in total. The van der Waals surface area contributed by atoms with Crippen molar-refractivity contribution in [2.24, 2.45) is 0 Å². The Morgan fingerprint density at radius 2 is 1.47 bits per heavy atom. The lowest BCUT2D eigenvalue weighted by Crippen LogP contribution is -2.28. The van der Waals surface area contributed by atoms with Crippen molar-refractivity contribution in [1.82, 2.24) is 29.1 Å². The van der Waals surface area contributed by atoms with E-state index in [2.05, 4.69) is 29.0 Å². The number of aliphatic hydroxyl groups is 2. The first-order chi connectivity index (χ1) is 20.0. The highest BCUT2D eigenvalue weighted by molar-refractivity contribution is 7.46. The van der Waals surface area contributed by atoms with Gasteiger partial charge in [0.1, 0.15) is 30.5 Å². The summed E-state index contributed by atoms with van der Waals surface area (Å²) in [4.78, 5) is 71.6. The Morgan fingerprint density at radius 3 is 1.98 bits per heavy atom. The third-order valence-electron chi connectivity index (χ3n) is 6.14. The minimum absolute atomic E-state index is 0.0613. The summed E-state index contributed by atoms with van der Waals surface area (Å²) < 4.78 is 43.3. The van der Waals surface area contributed by atoms with Gasteiger partial charge in [0, 0.05) is 19.0 Å². The number of phosphoric acid groups is 2. The Bertz CT molecular complexity index is 1650. The van der Waals surface area contributed by atoms with Crippen LogP contribution in [-0.2, 0) is 27.7 Å². The number of imidazole rings is 1. The highest BCUT2D eigenvalue weighted by Gasteiger charge is 2.38. The van der Waals surface area contributed by atoms with Crippen molar-refractivity contribution >= 4 is 38.6 Å². The molecule has 6 atom stereocenters. The van der Waals surface area contributed by atoms with Crippen LogP contribution in [0.4, 0.5) is 11.8 Å². The normalized spacial score (nSPS) is 26.0. The minimum Gasteiger partial charge on any atom is -0.390 e. The molecule has 0 saturated carbocycles. The molecule has 24 heteroatoms. The highest BCUT2D eigenvalue weighted by atomic mass is 31.2. The Kier molecular flexibility index (Phi) is 9.81. The Hall–Kier alpha value is -3.11. The molecule has 5 heterocycles. The molecule has 3 aromatic rings. The zero-order valence-electron chi connectivity index (χ0n) is 21.8. The van der Waals surface area contributed by atoms with Crippen molar-refractivity contribution in [2.75, 3.05) is 24.7 Å². The number of rotatable bonds is 8. The number of hydrogen-bond donors (Lipinski definition) is 9. The minimum atomic E-state index is -4.66. The van der Waals surface area contributed by atoms with Crippen LogP contribution in [0, 0.1) is 0 Å². The lowest BCUT2D eigenvalue weighted by atomic mass is 10.2. The lowest BCUT2D eigenvalue weighted by molar-refractivity contribution is -0.0450. The number of anilines is 2. The Morgan fingerprint density at radius 1 is 0.930 bits per heavy atom. The molecule has 5 rings (SSSR count). The Balaban J connectivity index is 0.000000199.